The highest BCUT2D eigenvalue weighted by Gasteiger charge is 2.50. The smallest absolute Gasteiger partial charge is 0.338 e. The lowest BCUT2D eigenvalue weighted by molar-refractivity contribution is -0.181. The van der Waals surface area contributed by atoms with E-state index in [0.29, 0.717) is 6.42 Å². The molecule has 0 aromatic heterocycles. The van der Waals surface area contributed by atoms with Crippen molar-refractivity contribution in [1.29, 1.82) is 0 Å². The lowest BCUT2D eigenvalue weighted by atomic mass is 9.93. The van der Waals surface area contributed by atoms with Gasteiger partial charge in [0.05, 0.1) is 20.3 Å². The Morgan fingerprint density at radius 1 is 1.25 bits per heavy atom. The molecule has 0 spiro atoms. The second-order valence-electron chi connectivity index (χ2n) is 3.62. The summed E-state index contributed by atoms with van der Waals surface area (Å²) in [5.74, 6) is -1.64. The lowest BCUT2D eigenvalue weighted by Gasteiger charge is -2.18. The molecule has 0 bridgehead atoms. The number of esters is 2. The Kier molecular flexibility index (Phi) is 4.26. The van der Waals surface area contributed by atoms with Crippen molar-refractivity contribution in [3.63, 3.8) is 0 Å². The molecule has 1 heterocycles. The molecule has 92 valence electrons. The lowest BCUT2D eigenvalue weighted by Crippen LogP contribution is -2.38. The molecule has 0 N–H and O–H groups in total. The fourth-order valence-electron chi connectivity index (χ4n) is 1.98. The summed E-state index contributed by atoms with van der Waals surface area (Å²) < 4.78 is 9.29. The molecule has 1 fully saturated rings. The average Bonchev–Trinajstić information content (AvgIpc) is 2.63. The van der Waals surface area contributed by atoms with Crippen LogP contribution < -0.4 is 0 Å². The van der Waals surface area contributed by atoms with Crippen LogP contribution in [0.5, 0.6) is 0 Å². The second-order valence-corrected chi connectivity index (χ2v) is 3.62. The Morgan fingerprint density at radius 3 is 2.25 bits per heavy atom. The fraction of sp³-hybridized carbons (Fsp3) is 0.800. The summed E-state index contributed by atoms with van der Waals surface area (Å²) in [5.41, 5.74) is 0. The van der Waals surface area contributed by atoms with Crippen LogP contribution in [0, 0.1) is 5.92 Å². The summed E-state index contributed by atoms with van der Waals surface area (Å²) in [6.45, 7) is 1.92. The minimum atomic E-state index is -0.910. The van der Waals surface area contributed by atoms with Crippen LogP contribution in [0.2, 0.25) is 0 Å². The molecule has 1 aliphatic rings. The van der Waals surface area contributed by atoms with Crippen molar-refractivity contribution in [2.75, 3.05) is 21.3 Å². The van der Waals surface area contributed by atoms with E-state index in [4.69, 9.17) is 4.84 Å². The number of ether oxygens (including phenoxy) is 2. The van der Waals surface area contributed by atoms with Crippen LogP contribution in [0.25, 0.3) is 0 Å². The van der Waals surface area contributed by atoms with Crippen molar-refractivity contribution >= 4 is 11.9 Å². The summed E-state index contributed by atoms with van der Waals surface area (Å²) in [4.78, 5) is 28.4. The van der Waals surface area contributed by atoms with Gasteiger partial charge in [-0.1, -0.05) is 6.92 Å². The zero-order chi connectivity index (χ0) is 12.3. The number of methoxy groups -OCH3 is 2. The quantitative estimate of drug-likeness (QED) is 0.636. The zero-order valence-corrected chi connectivity index (χ0v) is 9.93. The molecule has 3 unspecified atom stereocenters. The highest BCUT2D eigenvalue weighted by molar-refractivity contribution is 5.84. The topological polar surface area (TPSA) is 65.1 Å². The summed E-state index contributed by atoms with van der Waals surface area (Å²) in [6, 6.07) is -0.170. The normalized spacial score (nSPS) is 30.1. The van der Waals surface area contributed by atoms with Crippen molar-refractivity contribution in [2.24, 2.45) is 5.92 Å². The van der Waals surface area contributed by atoms with Crippen LogP contribution in [0.4, 0.5) is 0 Å². The van der Waals surface area contributed by atoms with E-state index in [1.807, 2.05) is 6.92 Å². The zero-order valence-electron chi connectivity index (χ0n) is 9.93. The van der Waals surface area contributed by atoms with E-state index in [0.717, 1.165) is 0 Å². The molecule has 0 aliphatic carbocycles. The maximum absolute atomic E-state index is 11.6. The Morgan fingerprint density at radius 2 is 1.81 bits per heavy atom. The van der Waals surface area contributed by atoms with Crippen LogP contribution >= 0.6 is 0 Å². The highest BCUT2D eigenvalue weighted by atomic mass is 16.7. The molecule has 1 saturated heterocycles. The van der Waals surface area contributed by atoms with E-state index in [1.54, 1.807) is 7.05 Å². The maximum atomic E-state index is 11.6. The molecule has 0 amide bonds. The average molecular weight is 231 g/mol. The van der Waals surface area contributed by atoms with Gasteiger partial charge in [0, 0.05) is 7.05 Å². The molecule has 0 aromatic rings. The Bertz CT molecular complexity index is 280. The van der Waals surface area contributed by atoms with Gasteiger partial charge in [-0.25, -0.2) is 4.79 Å². The highest BCUT2D eigenvalue weighted by Crippen LogP contribution is 2.30. The molecule has 16 heavy (non-hydrogen) atoms. The Hall–Kier alpha value is -1.14. The van der Waals surface area contributed by atoms with Crippen LogP contribution in [0.15, 0.2) is 0 Å². The van der Waals surface area contributed by atoms with Crippen molar-refractivity contribution in [3.8, 4) is 0 Å². The molecular weight excluding hydrogens is 214 g/mol. The molecule has 1 rings (SSSR count). The standard InChI is InChI=1S/C10H17NO5/c1-5-6-7(9(12)14-3)8(10(13)15-4)16-11(6)2/h6-8H,5H2,1-4H3. The number of carbonyl (C=O) groups is 2. The minimum Gasteiger partial charge on any atom is -0.469 e. The summed E-state index contributed by atoms with van der Waals surface area (Å²) in [5, 5.41) is 1.52. The molecular formula is C10H17NO5. The first-order chi connectivity index (χ1) is 7.56. The van der Waals surface area contributed by atoms with Gasteiger partial charge in [0.1, 0.15) is 5.92 Å². The number of carbonyl (C=O) groups excluding carboxylic acids is 2. The van der Waals surface area contributed by atoms with Gasteiger partial charge in [-0.2, -0.15) is 5.06 Å². The maximum Gasteiger partial charge on any atom is 0.338 e. The van der Waals surface area contributed by atoms with E-state index in [1.165, 1.54) is 19.3 Å². The fourth-order valence-corrected chi connectivity index (χ4v) is 1.98. The first kappa shape index (κ1) is 12.9. The molecule has 1 aliphatic heterocycles. The van der Waals surface area contributed by atoms with Crippen LogP contribution in [0.1, 0.15) is 13.3 Å². The van der Waals surface area contributed by atoms with Crippen LogP contribution in [-0.4, -0.2) is 50.4 Å². The van der Waals surface area contributed by atoms with E-state index in [-0.39, 0.29) is 6.04 Å². The summed E-state index contributed by atoms with van der Waals surface area (Å²) in [6.07, 6.45) is -0.226. The molecule has 0 saturated carbocycles. The first-order valence-electron chi connectivity index (χ1n) is 5.12. The number of nitrogens with zero attached hydrogens (tertiary/aromatic N) is 1. The van der Waals surface area contributed by atoms with E-state index >= 15 is 0 Å². The van der Waals surface area contributed by atoms with Crippen molar-refractivity contribution in [3.05, 3.63) is 0 Å². The van der Waals surface area contributed by atoms with Crippen molar-refractivity contribution in [2.45, 2.75) is 25.5 Å². The Labute approximate surface area is 94.4 Å². The van der Waals surface area contributed by atoms with Crippen molar-refractivity contribution < 1.29 is 23.9 Å². The largest absolute Gasteiger partial charge is 0.469 e. The second kappa shape index (κ2) is 5.27. The molecule has 3 atom stereocenters. The van der Waals surface area contributed by atoms with Gasteiger partial charge in [-0.15, -0.1) is 0 Å². The van der Waals surface area contributed by atoms with Gasteiger partial charge in [0.15, 0.2) is 6.10 Å². The Balaban J connectivity index is 2.92. The van der Waals surface area contributed by atoms with Crippen LogP contribution in [0.3, 0.4) is 0 Å². The minimum absolute atomic E-state index is 0.170. The number of hydrogen-bond acceptors (Lipinski definition) is 6. The van der Waals surface area contributed by atoms with Crippen LogP contribution in [-0.2, 0) is 23.9 Å². The third-order valence-electron chi connectivity index (χ3n) is 2.81. The van der Waals surface area contributed by atoms with Gasteiger partial charge in [0.2, 0.25) is 0 Å². The third-order valence-corrected chi connectivity index (χ3v) is 2.81. The summed E-state index contributed by atoms with van der Waals surface area (Å²) >= 11 is 0. The van der Waals surface area contributed by atoms with E-state index < -0.39 is 24.0 Å². The third kappa shape index (κ3) is 2.17. The predicted octanol–water partition coefficient (Wildman–Crippen LogP) is -0.0272. The SMILES string of the molecule is CCC1C(C(=O)OC)C(C(=O)OC)ON1C. The molecule has 0 radical (unpaired) electrons. The monoisotopic (exact) mass is 231 g/mol. The number of rotatable bonds is 3. The van der Waals surface area contributed by atoms with Crippen molar-refractivity contribution in [1.82, 2.24) is 5.06 Å². The molecule has 6 heteroatoms. The van der Waals surface area contributed by atoms with Gasteiger partial charge in [-0.05, 0) is 6.42 Å². The predicted molar refractivity (Wildman–Crippen MR) is 54.2 cm³/mol. The first-order valence-corrected chi connectivity index (χ1v) is 5.12. The van der Waals surface area contributed by atoms with Gasteiger partial charge in [-0.3, -0.25) is 9.63 Å². The van der Waals surface area contributed by atoms with Gasteiger partial charge in [0.25, 0.3) is 0 Å². The summed E-state index contributed by atoms with van der Waals surface area (Å²) in [7, 11) is 4.24. The van der Waals surface area contributed by atoms with E-state index in [2.05, 4.69) is 9.47 Å². The van der Waals surface area contributed by atoms with Gasteiger partial charge >= 0.3 is 11.9 Å². The molecule has 6 nitrogen and oxygen atoms in total. The van der Waals surface area contributed by atoms with E-state index in [9.17, 15) is 9.59 Å². The van der Waals surface area contributed by atoms with Gasteiger partial charge < -0.3 is 9.47 Å². The number of hydrogen-bond donors (Lipinski definition) is 0. The molecule has 0 aromatic carbocycles. The number of hydroxylamine groups is 2.